The van der Waals surface area contributed by atoms with Crippen molar-refractivity contribution < 1.29 is 5.11 Å². The first-order valence-corrected chi connectivity index (χ1v) is 6.44. The van der Waals surface area contributed by atoms with E-state index < -0.39 is 0 Å². The average molecular weight is 235 g/mol. The second-order valence-electron chi connectivity index (χ2n) is 5.19. The Hall–Kier alpha value is -0.860. The molecule has 0 aliphatic carbocycles. The van der Waals surface area contributed by atoms with E-state index in [0.29, 0.717) is 5.92 Å². The number of benzene rings is 1. The number of aryl methyl sites for hydroxylation is 2. The molecule has 2 nitrogen and oxygen atoms in total. The lowest BCUT2D eigenvalue weighted by molar-refractivity contribution is 0.163. The van der Waals surface area contributed by atoms with Gasteiger partial charge in [0, 0.05) is 6.54 Å². The molecule has 2 atom stereocenters. The largest absolute Gasteiger partial charge is 0.393 e. The molecule has 0 saturated carbocycles. The van der Waals surface area contributed by atoms with E-state index in [9.17, 15) is 5.11 Å². The minimum Gasteiger partial charge on any atom is -0.393 e. The number of hydrogen-bond donors (Lipinski definition) is 2. The van der Waals surface area contributed by atoms with E-state index >= 15 is 0 Å². The van der Waals surface area contributed by atoms with Crippen LogP contribution in [0.3, 0.4) is 0 Å². The van der Waals surface area contributed by atoms with Gasteiger partial charge in [-0.1, -0.05) is 25.1 Å². The molecule has 96 valence electrons. The molecule has 1 rings (SSSR count). The fraction of sp³-hybridized carbons (Fsp3) is 0.600. The molecular weight excluding hydrogens is 210 g/mol. The van der Waals surface area contributed by atoms with Crippen molar-refractivity contribution in [2.45, 2.75) is 46.8 Å². The zero-order chi connectivity index (χ0) is 12.8. The highest BCUT2D eigenvalue weighted by Gasteiger charge is 2.06. The Balaban J connectivity index is 2.41. The predicted octanol–water partition coefficient (Wildman–Crippen LogP) is 2.80. The van der Waals surface area contributed by atoms with Crippen LogP contribution in [0.1, 0.15) is 37.0 Å². The molecule has 2 heteroatoms. The van der Waals surface area contributed by atoms with Crippen molar-refractivity contribution in [2.24, 2.45) is 5.92 Å². The van der Waals surface area contributed by atoms with Gasteiger partial charge in [-0.05, 0) is 56.3 Å². The van der Waals surface area contributed by atoms with Crippen LogP contribution in [0.15, 0.2) is 18.2 Å². The zero-order valence-electron chi connectivity index (χ0n) is 11.5. The number of nitrogens with one attached hydrogen (secondary N) is 1. The summed E-state index contributed by atoms with van der Waals surface area (Å²) in [7, 11) is 0. The van der Waals surface area contributed by atoms with Gasteiger partial charge >= 0.3 is 0 Å². The van der Waals surface area contributed by atoms with Crippen LogP contribution in [0.2, 0.25) is 0 Å². The Labute approximate surface area is 105 Å². The topological polar surface area (TPSA) is 32.3 Å². The third-order valence-electron chi connectivity index (χ3n) is 3.18. The smallest absolute Gasteiger partial charge is 0.0515 e. The molecule has 0 aliphatic rings. The zero-order valence-corrected chi connectivity index (χ0v) is 11.5. The van der Waals surface area contributed by atoms with Crippen LogP contribution in [0.4, 0.5) is 0 Å². The van der Waals surface area contributed by atoms with Crippen LogP contribution in [0.5, 0.6) is 0 Å². The molecule has 17 heavy (non-hydrogen) atoms. The van der Waals surface area contributed by atoms with E-state index in [1.165, 1.54) is 16.7 Å². The summed E-state index contributed by atoms with van der Waals surface area (Å²) in [6.07, 6.45) is 0.659. The molecule has 1 aromatic carbocycles. The molecule has 0 fully saturated rings. The summed E-state index contributed by atoms with van der Waals surface area (Å²) in [5.74, 6) is 0.513. The van der Waals surface area contributed by atoms with E-state index in [2.05, 4.69) is 44.3 Å². The van der Waals surface area contributed by atoms with Crippen molar-refractivity contribution >= 4 is 0 Å². The van der Waals surface area contributed by atoms with Crippen LogP contribution in [-0.4, -0.2) is 17.8 Å². The average Bonchev–Trinajstić information content (AvgIpc) is 2.21. The van der Waals surface area contributed by atoms with Crippen LogP contribution >= 0.6 is 0 Å². The van der Waals surface area contributed by atoms with Crippen molar-refractivity contribution in [3.05, 3.63) is 34.9 Å². The number of rotatable bonds is 6. The van der Waals surface area contributed by atoms with Gasteiger partial charge < -0.3 is 10.4 Å². The first-order chi connectivity index (χ1) is 8.00. The van der Waals surface area contributed by atoms with Crippen molar-refractivity contribution in [2.75, 3.05) is 6.54 Å². The minimum absolute atomic E-state index is 0.202. The highest BCUT2D eigenvalue weighted by molar-refractivity contribution is 5.33. The summed E-state index contributed by atoms with van der Waals surface area (Å²) in [5, 5.41) is 12.8. The summed E-state index contributed by atoms with van der Waals surface area (Å²) in [5.41, 5.74) is 4.10. The number of hydrogen-bond acceptors (Lipinski definition) is 2. The molecule has 1 aromatic rings. The van der Waals surface area contributed by atoms with Crippen molar-refractivity contribution in [1.29, 1.82) is 0 Å². The summed E-state index contributed by atoms with van der Waals surface area (Å²) >= 11 is 0. The highest BCUT2D eigenvalue weighted by atomic mass is 16.3. The van der Waals surface area contributed by atoms with Crippen LogP contribution in [0, 0.1) is 19.8 Å². The van der Waals surface area contributed by atoms with E-state index in [0.717, 1.165) is 19.5 Å². The summed E-state index contributed by atoms with van der Waals surface area (Å²) in [4.78, 5) is 0. The van der Waals surface area contributed by atoms with Crippen LogP contribution < -0.4 is 5.32 Å². The third kappa shape index (κ3) is 4.88. The molecule has 2 N–H and O–H groups in total. The van der Waals surface area contributed by atoms with Gasteiger partial charge in [0.1, 0.15) is 0 Å². The summed E-state index contributed by atoms with van der Waals surface area (Å²) < 4.78 is 0. The molecule has 0 bridgehead atoms. The molecule has 0 spiro atoms. The second-order valence-corrected chi connectivity index (χ2v) is 5.19. The molecule has 0 amide bonds. The summed E-state index contributed by atoms with van der Waals surface area (Å²) in [6, 6.07) is 6.41. The lowest BCUT2D eigenvalue weighted by atomic mass is 10.0. The first kappa shape index (κ1) is 14.2. The van der Waals surface area contributed by atoms with Gasteiger partial charge in [0.2, 0.25) is 0 Å². The quantitative estimate of drug-likeness (QED) is 0.794. The molecular formula is C15H25NO. The highest BCUT2D eigenvalue weighted by Crippen LogP contribution is 2.13. The van der Waals surface area contributed by atoms with Gasteiger partial charge in [0.05, 0.1) is 6.10 Å². The Kier molecular flexibility index (Phi) is 5.66. The van der Waals surface area contributed by atoms with Gasteiger partial charge in [-0.2, -0.15) is 0 Å². The molecule has 0 radical (unpaired) electrons. The normalized spacial score (nSPS) is 14.6. The van der Waals surface area contributed by atoms with Crippen molar-refractivity contribution in [1.82, 2.24) is 5.32 Å². The van der Waals surface area contributed by atoms with Gasteiger partial charge in [0.25, 0.3) is 0 Å². The first-order valence-electron chi connectivity index (χ1n) is 6.44. The van der Waals surface area contributed by atoms with Gasteiger partial charge in [-0.25, -0.2) is 0 Å². The lowest BCUT2D eigenvalue weighted by Crippen LogP contribution is -2.23. The molecule has 0 saturated heterocycles. The maximum Gasteiger partial charge on any atom is 0.0515 e. The Morgan fingerprint density at radius 3 is 2.29 bits per heavy atom. The van der Waals surface area contributed by atoms with E-state index in [4.69, 9.17) is 0 Å². The predicted molar refractivity (Wildman–Crippen MR) is 73.1 cm³/mol. The maximum atomic E-state index is 9.30. The van der Waals surface area contributed by atoms with Crippen LogP contribution in [-0.2, 0) is 6.54 Å². The Morgan fingerprint density at radius 2 is 1.76 bits per heavy atom. The lowest BCUT2D eigenvalue weighted by Gasteiger charge is -2.16. The van der Waals surface area contributed by atoms with E-state index in [1.54, 1.807) is 0 Å². The van der Waals surface area contributed by atoms with Gasteiger partial charge in [-0.3, -0.25) is 0 Å². The van der Waals surface area contributed by atoms with E-state index in [1.807, 2.05) is 6.92 Å². The molecule has 2 unspecified atom stereocenters. The molecule has 0 aliphatic heterocycles. The summed E-state index contributed by atoms with van der Waals surface area (Å²) in [6.45, 7) is 10.2. The van der Waals surface area contributed by atoms with Gasteiger partial charge in [-0.15, -0.1) is 0 Å². The fourth-order valence-electron chi connectivity index (χ4n) is 2.24. The Bertz CT molecular complexity index is 327. The van der Waals surface area contributed by atoms with Crippen molar-refractivity contribution in [3.63, 3.8) is 0 Å². The standard InChI is InChI=1S/C15H25NO/c1-11(8-14(4)17)9-16-10-15-12(2)6-5-7-13(15)3/h5-7,11,14,16-17H,8-10H2,1-4H3. The fourth-order valence-corrected chi connectivity index (χ4v) is 2.24. The van der Waals surface area contributed by atoms with E-state index in [-0.39, 0.29) is 6.10 Å². The second kappa shape index (κ2) is 6.77. The monoisotopic (exact) mass is 235 g/mol. The van der Waals surface area contributed by atoms with Crippen molar-refractivity contribution in [3.8, 4) is 0 Å². The maximum absolute atomic E-state index is 9.30. The molecule has 0 aromatic heterocycles. The third-order valence-corrected chi connectivity index (χ3v) is 3.18. The van der Waals surface area contributed by atoms with Gasteiger partial charge in [0.15, 0.2) is 0 Å². The number of aliphatic hydroxyl groups is 1. The Morgan fingerprint density at radius 1 is 1.18 bits per heavy atom. The van der Waals surface area contributed by atoms with Crippen LogP contribution in [0.25, 0.3) is 0 Å². The SMILES string of the molecule is Cc1cccc(C)c1CNCC(C)CC(C)O. The molecule has 0 heterocycles. The number of aliphatic hydroxyl groups excluding tert-OH is 1. The minimum atomic E-state index is -0.202.